The molecule has 1 saturated heterocycles. The normalized spacial score (nSPS) is 14.5. The number of hydrogen-bond donors (Lipinski definition) is 2. The van der Waals surface area contributed by atoms with Crippen molar-refractivity contribution in [3.63, 3.8) is 0 Å². The summed E-state index contributed by atoms with van der Waals surface area (Å²) in [6, 6.07) is 9.81. The van der Waals surface area contributed by atoms with Gasteiger partial charge in [-0.3, -0.25) is 0 Å². The van der Waals surface area contributed by atoms with Crippen LogP contribution in [0.1, 0.15) is 12.8 Å². The number of nitrogens with two attached hydrogens (primary N) is 1. The Morgan fingerprint density at radius 2 is 1.71 bits per heavy atom. The van der Waals surface area contributed by atoms with Gasteiger partial charge >= 0.3 is 0 Å². The van der Waals surface area contributed by atoms with E-state index in [1.807, 2.05) is 12.1 Å². The highest BCUT2D eigenvalue weighted by molar-refractivity contribution is 6.37. The first kappa shape index (κ1) is 14.3. The maximum atomic E-state index is 6.11. The number of rotatable bonds is 3. The Labute approximate surface area is 133 Å². The summed E-state index contributed by atoms with van der Waals surface area (Å²) < 4.78 is 0. The molecule has 1 aliphatic heterocycles. The molecule has 2 heterocycles. The standard InChI is InChI=1S/C15H16Cl2N4/c16-12-9-13(17)15(20-14(12)18)19-10-3-5-11(6-4-10)21-7-1-2-8-21/h3-6,9H,1-2,7-8H2,(H3,18,19,20). The molecule has 0 bridgehead atoms. The van der Waals surface area contributed by atoms with Crippen molar-refractivity contribution in [1.82, 2.24) is 4.98 Å². The van der Waals surface area contributed by atoms with Crippen LogP contribution < -0.4 is 16.0 Å². The molecule has 2 aromatic rings. The summed E-state index contributed by atoms with van der Waals surface area (Å²) in [4.78, 5) is 6.54. The molecule has 1 fully saturated rings. The predicted molar refractivity (Wildman–Crippen MR) is 89.8 cm³/mol. The molecule has 4 nitrogen and oxygen atoms in total. The lowest BCUT2D eigenvalue weighted by molar-refractivity contribution is 0.949. The molecule has 0 radical (unpaired) electrons. The van der Waals surface area contributed by atoms with E-state index >= 15 is 0 Å². The first-order chi connectivity index (χ1) is 10.1. The SMILES string of the molecule is Nc1nc(Nc2ccc(N3CCCC3)cc2)c(Cl)cc1Cl. The molecular formula is C15H16Cl2N4. The van der Waals surface area contributed by atoms with Gasteiger partial charge in [-0.25, -0.2) is 4.98 Å². The van der Waals surface area contributed by atoms with E-state index in [0.29, 0.717) is 15.9 Å². The number of pyridine rings is 1. The summed E-state index contributed by atoms with van der Waals surface area (Å²) in [6.07, 6.45) is 2.53. The van der Waals surface area contributed by atoms with Crippen LogP contribution in [0.3, 0.4) is 0 Å². The van der Waals surface area contributed by atoms with Gasteiger partial charge in [0, 0.05) is 24.5 Å². The second-order valence-electron chi connectivity index (χ2n) is 5.05. The van der Waals surface area contributed by atoms with Crippen LogP contribution in [0, 0.1) is 0 Å². The average Bonchev–Trinajstić information content (AvgIpc) is 3.00. The molecule has 6 heteroatoms. The molecule has 0 aliphatic carbocycles. The van der Waals surface area contributed by atoms with Crippen molar-refractivity contribution in [1.29, 1.82) is 0 Å². The number of nitrogens with zero attached hydrogens (tertiary/aromatic N) is 2. The Kier molecular flexibility index (Phi) is 4.08. The molecular weight excluding hydrogens is 307 g/mol. The van der Waals surface area contributed by atoms with Gasteiger partial charge < -0.3 is 16.0 Å². The van der Waals surface area contributed by atoms with Crippen LogP contribution in [0.15, 0.2) is 30.3 Å². The molecule has 0 saturated carbocycles. The second-order valence-corrected chi connectivity index (χ2v) is 5.87. The number of anilines is 4. The molecule has 0 amide bonds. The van der Waals surface area contributed by atoms with Crippen LogP contribution in [0.4, 0.5) is 23.0 Å². The quantitative estimate of drug-likeness (QED) is 0.883. The monoisotopic (exact) mass is 322 g/mol. The number of benzene rings is 1. The first-order valence-corrected chi connectivity index (χ1v) is 7.62. The highest BCUT2D eigenvalue weighted by Gasteiger charge is 2.12. The summed E-state index contributed by atoms with van der Waals surface area (Å²) in [5, 5.41) is 3.96. The lowest BCUT2D eigenvalue weighted by Gasteiger charge is -2.18. The summed E-state index contributed by atoms with van der Waals surface area (Å²) >= 11 is 12.0. The maximum Gasteiger partial charge on any atom is 0.151 e. The summed E-state index contributed by atoms with van der Waals surface area (Å²) in [5.74, 6) is 0.768. The van der Waals surface area contributed by atoms with Gasteiger partial charge in [0.05, 0.1) is 10.0 Å². The first-order valence-electron chi connectivity index (χ1n) is 6.87. The van der Waals surface area contributed by atoms with E-state index in [2.05, 4.69) is 27.3 Å². The van der Waals surface area contributed by atoms with E-state index in [4.69, 9.17) is 28.9 Å². The fraction of sp³-hybridized carbons (Fsp3) is 0.267. The van der Waals surface area contributed by atoms with Crippen molar-refractivity contribution in [3.05, 3.63) is 40.4 Å². The number of nitrogens with one attached hydrogen (secondary N) is 1. The minimum atomic E-state index is 0.261. The van der Waals surface area contributed by atoms with Crippen molar-refractivity contribution in [2.45, 2.75) is 12.8 Å². The molecule has 1 aromatic heterocycles. The molecule has 3 rings (SSSR count). The predicted octanol–water partition coefficient (Wildman–Crippen LogP) is 4.31. The minimum Gasteiger partial charge on any atom is -0.382 e. The van der Waals surface area contributed by atoms with Crippen LogP contribution in [-0.2, 0) is 0 Å². The Morgan fingerprint density at radius 1 is 1.05 bits per heavy atom. The molecule has 0 atom stereocenters. The molecule has 0 spiro atoms. The van der Waals surface area contributed by atoms with E-state index in [1.165, 1.54) is 18.5 Å². The van der Waals surface area contributed by atoms with Gasteiger partial charge in [-0.05, 0) is 43.2 Å². The van der Waals surface area contributed by atoms with Crippen LogP contribution in [0.25, 0.3) is 0 Å². The van der Waals surface area contributed by atoms with Gasteiger partial charge in [0.25, 0.3) is 0 Å². The van der Waals surface area contributed by atoms with Gasteiger partial charge in [0.2, 0.25) is 0 Å². The molecule has 0 unspecified atom stereocenters. The highest BCUT2D eigenvalue weighted by atomic mass is 35.5. The van der Waals surface area contributed by atoms with Crippen LogP contribution >= 0.6 is 23.2 Å². The topological polar surface area (TPSA) is 54.2 Å². The van der Waals surface area contributed by atoms with Crippen molar-refractivity contribution in [2.24, 2.45) is 0 Å². The average molecular weight is 323 g/mol. The third-order valence-corrected chi connectivity index (χ3v) is 4.15. The minimum absolute atomic E-state index is 0.261. The molecule has 1 aromatic carbocycles. The zero-order valence-corrected chi connectivity index (χ0v) is 13.0. The Morgan fingerprint density at radius 3 is 2.38 bits per heavy atom. The van der Waals surface area contributed by atoms with Crippen molar-refractivity contribution < 1.29 is 0 Å². The van der Waals surface area contributed by atoms with E-state index < -0.39 is 0 Å². The Balaban J connectivity index is 1.77. The fourth-order valence-corrected chi connectivity index (χ4v) is 2.84. The number of halogens is 2. The zero-order valence-electron chi connectivity index (χ0n) is 11.4. The largest absolute Gasteiger partial charge is 0.382 e. The van der Waals surface area contributed by atoms with Gasteiger partial charge in [-0.1, -0.05) is 23.2 Å². The van der Waals surface area contributed by atoms with E-state index in [-0.39, 0.29) is 5.82 Å². The molecule has 21 heavy (non-hydrogen) atoms. The van der Waals surface area contributed by atoms with Crippen LogP contribution in [0.2, 0.25) is 10.0 Å². The van der Waals surface area contributed by atoms with Crippen molar-refractivity contribution >= 4 is 46.2 Å². The van der Waals surface area contributed by atoms with Gasteiger partial charge in [-0.2, -0.15) is 0 Å². The fourth-order valence-electron chi connectivity index (χ4n) is 2.44. The van der Waals surface area contributed by atoms with E-state index in [0.717, 1.165) is 18.8 Å². The Bertz CT molecular complexity index is 637. The van der Waals surface area contributed by atoms with Gasteiger partial charge in [-0.15, -0.1) is 0 Å². The molecule has 1 aliphatic rings. The number of aromatic nitrogens is 1. The third kappa shape index (κ3) is 3.17. The van der Waals surface area contributed by atoms with E-state index in [1.54, 1.807) is 6.07 Å². The van der Waals surface area contributed by atoms with Crippen LogP contribution in [0.5, 0.6) is 0 Å². The number of hydrogen-bond acceptors (Lipinski definition) is 4. The molecule has 110 valence electrons. The van der Waals surface area contributed by atoms with Gasteiger partial charge in [0.15, 0.2) is 5.82 Å². The highest BCUT2D eigenvalue weighted by Crippen LogP contribution is 2.30. The summed E-state index contributed by atoms with van der Waals surface area (Å²) in [5.41, 5.74) is 7.86. The third-order valence-electron chi connectivity index (χ3n) is 3.56. The second kappa shape index (κ2) is 6.00. The van der Waals surface area contributed by atoms with Gasteiger partial charge in [0.1, 0.15) is 5.82 Å². The lowest BCUT2D eigenvalue weighted by Crippen LogP contribution is -2.17. The smallest absolute Gasteiger partial charge is 0.151 e. The van der Waals surface area contributed by atoms with E-state index in [9.17, 15) is 0 Å². The van der Waals surface area contributed by atoms with Crippen molar-refractivity contribution in [3.8, 4) is 0 Å². The van der Waals surface area contributed by atoms with Crippen LogP contribution in [-0.4, -0.2) is 18.1 Å². The summed E-state index contributed by atoms with van der Waals surface area (Å²) in [7, 11) is 0. The van der Waals surface area contributed by atoms with Crippen molar-refractivity contribution in [2.75, 3.05) is 29.0 Å². The Hall–Kier alpha value is -1.65. The maximum absolute atomic E-state index is 6.11. The zero-order chi connectivity index (χ0) is 14.8. The molecule has 3 N–H and O–H groups in total. The summed E-state index contributed by atoms with van der Waals surface area (Å²) in [6.45, 7) is 2.27. The lowest BCUT2D eigenvalue weighted by atomic mass is 10.2. The number of nitrogen functional groups attached to an aromatic ring is 1.